The van der Waals surface area contributed by atoms with Gasteiger partial charge >= 0.3 is 0 Å². The SMILES string of the molecule is Cc1ccc(CNC(=O)C2(C(=O)NC3CCCC3)CC2)cc1. The van der Waals surface area contributed by atoms with Gasteiger partial charge in [-0.2, -0.15) is 0 Å². The highest BCUT2D eigenvalue weighted by Crippen LogP contribution is 2.46. The summed E-state index contributed by atoms with van der Waals surface area (Å²) >= 11 is 0. The molecule has 2 aliphatic carbocycles. The molecule has 0 spiro atoms. The van der Waals surface area contributed by atoms with Gasteiger partial charge in [-0.15, -0.1) is 0 Å². The van der Waals surface area contributed by atoms with Crippen LogP contribution >= 0.6 is 0 Å². The van der Waals surface area contributed by atoms with Crippen molar-refractivity contribution in [2.24, 2.45) is 5.41 Å². The second-order valence-electron chi connectivity index (χ2n) is 6.71. The molecule has 4 heteroatoms. The van der Waals surface area contributed by atoms with Gasteiger partial charge in [0.05, 0.1) is 0 Å². The zero-order chi connectivity index (χ0) is 15.6. The van der Waals surface area contributed by atoms with Gasteiger partial charge in [-0.05, 0) is 38.2 Å². The minimum atomic E-state index is -0.798. The van der Waals surface area contributed by atoms with Crippen molar-refractivity contribution in [1.29, 1.82) is 0 Å². The first-order chi connectivity index (χ1) is 10.6. The number of carbonyl (C=O) groups is 2. The lowest BCUT2D eigenvalue weighted by atomic mass is 10.0. The minimum absolute atomic E-state index is 0.0687. The van der Waals surface area contributed by atoms with Crippen LogP contribution < -0.4 is 10.6 Å². The molecule has 118 valence electrons. The summed E-state index contributed by atoms with van der Waals surface area (Å²) < 4.78 is 0. The minimum Gasteiger partial charge on any atom is -0.352 e. The number of amides is 2. The van der Waals surface area contributed by atoms with Gasteiger partial charge in [0, 0.05) is 12.6 Å². The fourth-order valence-corrected chi connectivity index (χ4v) is 3.13. The molecule has 0 unspecified atom stereocenters. The molecule has 0 heterocycles. The number of aryl methyl sites for hydroxylation is 1. The summed E-state index contributed by atoms with van der Waals surface area (Å²) in [7, 11) is 0. The topological polar surface area (TPSA) is 58.2 Å². The molecule has 22 heavy (non-hydrogen) atoms. The van der Waals surface area contributed by atoms with Gasteiger partial charge in [-0.1, -0.05) is 42.7 Å². The molecule has 1 aromatic carbocycles. The Morgan fingerprint density at radius 1 is 1.09 bits per heavy atom. The molecule has 0 bridgehead atoms. The Kier molecular flexibility index (Phi) is 4.19. The Morgan fingerprint density at radius 3 is 2.32 bits per heavy atom. The Balaban J connectivity index is 1.54. The maximum Gasteiger partial charge on any atom is 0.235 e. The van der Waals surface area contributed by atoms with Crippen LogP contribution in [0.25, 0.3) is 0 Å². The lowest BCUT2D eigenvalue weighted by molar-refractivity contribution is -0.137. The summed E-state index contributed by atoms with van der Waals surface area (Å²) in [6.07, 6.45) is 5.80. The van der Waals surface area contributed by atoms with E-state index in [0.29, 0.717) is 19.4 Å². The first kappa shape index (κ1) is 15.1. The quantitative estimate of drug-likeness (QED) is 0.821. The van der Waals surface area contributed by atoms with Crippen molar-refractivity contribution in [2.45, 2.75) is 58.0 Å². The van der Waals surface area contributed by atoms with E-state index in [4.69, 9.17) is 0 Å². The van der Waals surface area contributed by atoms with E-state index in [1.807, 2.05) is 31.2 Å². The first-order valence-corrected chi connectivity index (χ1v) is 8.25. The molecule has 0 aliphatic heterocycles. The van der Waals surface area contributed by atoms with Crippen LogP contribution in [0.2, 0.25) is 0 Å². The largest absolute Gasteiger partial charge is 0.352 e. The summed E-state index contributed by atoms with van der Waals surface area (Å²) in [5.74, 6) is -0.190. The summed E-state index contributed by atoms with van der Waals surface area (Å²) in [6, 6.07) is 8.35. The van der Waals surface area contributed by atoms with Crippen molar-refractivity contribution in [1.82, 2.24) is 10.6 Å². The van der Waals surface area contributed by atoms with Gasteiger partial charge in [0.25, 0.3) is 0 Å². The zero-order valence-corrected chi connectivity index (χ0v) is 13.2. The molecule has 1 aromatic rings. The van der Waals surface area contributed by atoms with E-state index in [1.54, 1.807) is 0 Å². The van der Waals surface area contributed by atoms with Crippen LogP contribution in [-0.2, 0) is 16.1 Å². The van der Waals surface area contributed by atoms with E-state index in [-0.39, 0.29) is 17.9 Å². The molecule has 2 amide bonds. The van der Waals surface area contributed by atoms with Crippen LogP contribution in [0.3, 0.4) is 0 Å². The maximum absolute atomic E-state index is 12.4. The molecule has 2 saturated carbocycles. The smallest absolute Gasteiger partial charge is 0.235 e. The molecule has 2 aliphatic rings. The molecule has 2 N–H and O–H groups in total. The van der Waals surface area contributed by atoms with Crippen molar-refractivity contribution >= 4 is 11.8 Å². The van der Waals surface area contributed by atoms with Crippen molar-refractivity contribution in [3.63, 3.8) is 0 Å². The lowest BCUT2D eigenvalue weighted by Crippen LogP contribution is -2.45. The van der Waals surface area contributed by atoms with Crippen LogP contribution in [0.4, 0.5) is 0 Å². The Bertz CT molecular complexity index is 555. The molecular weight excluding hydrogens is 276 g/mol. The van der Waals surface area contributed by atoms with E-state index < -0.39 is 5.41 Å². The lowest BCUT2D eigenvalue weighted by Gasteiger charge is -2.18. The highest BCUT2D eigenvalue weighted by molar-refractivity contribution is 6.07. The third-order valence-electron chi connectivity index (χ3n) is 4.88. The maximum atomic E-state index is 12.4. The summed E-state index contributed by atoms with van der Waals surface area (Å²) in [6.45, 7) is 2.52. The normalized spacial score (nSPS) is 19.7. The monoisotopic (exact) mass is 300 g/mol. The first-order valence-electron chi connectivity index (χ1n) is 8.25. The van der Waals surface area contributed by atoms with Gasteiger partial charge in [0.2, 0.25) is 11.8 Å². The number of hydrogen-bond acceptors (Lipinski definition) is 2. The van der Waals surface area contributed by atoms with Crippen LogP contribution in [-0.4, -0.2) is 17.9 Å². The van der Waals surface area contributed by atoms with Gasteiger partial charge < -0.3 is 10.6 Å². The third kappa shape index (κ3) is 3.16. The average Bonchev–Trinajstić information content (AvgIpc) is 3.19. The predicted octanol–water partition coefficient (Wildman–Crippen LogP) is 2.45. The molecule has 4 nitrogen and oxygen atoms in total. The number of hydrogen-bond donors (Lipinski definition) is 2. The second-order valence-corrected chi connectivity index (χ2v) is 6.71. The molecule has 0 radical (unpaired) electrons. The number of rotatable bonds is 5. The van der Waals surface area contributed by atoms with Crippen LogP contribution in [0.1, 0.15) is 49.7 Å². The van der Waals surface area contributed by atoms with E-state index in [0.717, 1.165) is 18.4 Å². The third-order valence-corrected chi connectivity index (χ3v) is 4.88. The number of carbonyl (C=O) groups excluding carboxylic acids is 2. The molecular formula is C18H24N2O2. The van der Waals surface area contributed by atoms with Gasteiger partial charge in [-0.25, -0.2) is 0 Å². The van der Waals surface area contributed by atoms with Gasteiger partial charge in [-0.3, -0.25) is 9.59 Å². The standard InChI is InChI=1S/C18H24N2O2/c1-13-6-8-14(9-7-13)12-19-16(21)18(10-11-18)17(22)20-15-4-2-3-5-15/h6-9,15H,2-5,10-12H2,1H3,(H,19,21)(H,20,22). The van der Waals surface area contributed by atoms with Crippen molar-refractivity contribution < 1.29 is 9.59 Å². The highest BCUT2D eigenvalue weighted by atomic mass is 16.2. The summed E-state index contributed by atoms with van der Waals surface area (Å²) in [5.41, 5.74) is 1.46. The molecule has 0 saturated heterocycles. The van der Waals surface area contributed by atoms with Crippen molar-refractivity contribution in [3.05, 3.63) is 35.4 Å². The second kappa shape index (κ2) is 6.11. The van der Waals surface area contributed by atoms with Crippen LogP contribution in [0, 0.1) is 12.3 Å². The fraction of sp³-hybridized carbons (Fsp3) is 0.556. The molecule has 2 fully saturated rings. The fourth-order valence-electron chi connectivity index (χ4n) is 3.13. The Labute approximate surface area is 131 Å². The Hall–Kier alpha value is -1.84. The predicted molar refractivity (Wildman–Crippen MR) is 85.1 cm³/mol. The van der Waals surface area contributed by atoms with Crippen LogP contribution in [0.5, 0.6) is 0 Å². The molecule has 3 rings (SSSR count). The summed E-state index contributed by atoms with van der Waals surface area (Å²) in [4.78, 5) is 24.8. The summed E-state index contributed by atoms with van der Waals surface area (Å²) in [5, 5.41) is 6.00. The van der Waals surface area contributed by atoms with E-state index in [9.17, 15) is 9.59 Å². The Morgan fingerprint density at radius 2 is 1.73 bits per heavy atom. The zero-order valence-electron chi connectivity index (χ0n) is 13.2. The van der Waals surface area contributed by atoms with E-state index in [1.165, 1.54) is 18.4 Å². The van der Waals surface area contributed by atoms with E-state index >= 15 is 0 Å². The number of nitrogens with one attached hydrogen (secondary N) is 2. The highest BCUT2D eigenvalue weighted by Gasteiger charge is 2.56. The average molecular weight is 300 g/mol. The molecule has 0 atom stereocenters. The van der Waals surface area contributed by atoms with Gasteiger partial charge in [0.15, 0.2) is 0 Å². The number of benzene rings is 1. The van der Waals surface area contributed by atoms with Crippen molar-refractivity contribution in [3.8, 4) is 0 Å². The van der Waals surface area contributed by atoms with E-state index in [2.05, 4.69) is 10.6 Å². The van der Waals surface area contributed by atoms with Crippen LogP contribution in [0.15, 0.2) is 24.3 Å². The molecule has 0 aromatic heterocycles. The van der Waals surface area contributed by atoms with Gasteiger partial charge in [0.1, 0.15) is 5.41 Å². The van der Waals surface area contributed by atoms with Crippen molar-refractivity contribution in [2.75, 3.05) is 0 Å².